The first kappa shape index (κ1) is 25.3. The van der Waals surface area contributed by atoms with Gasteiger partial charge in [-0.2, -0.15) is 0 Å². The van der Waals surface area contributed by atoms with Crippen LogP contribution < -0.4 is 0 Å². The largest absolute Gasteiger partial charge is 0.371 e. The first-order valence-electron chi connectivity index (χ1n) is 15.0. The molecule has 2 spiro atoms. The summed E-state index contributed by atoms with van der Waals surface area (Å²) in [5.74, 6) is 1.06. The summed E-state index contributed by atoms with van der Waals surface area (Å²) in [6.07, 6.45) is 9.29. The van der Waals surface area contributed by atoms with Crippen LogP contribution in [0.3, 0.4) is 0 Å². The zero-order chi connectivity index (χ0) is 26.3. The molecule has 0 radical (unpaired) electrons. The molecule has 2 aliphatic carbocycles. The molecule has 4 heteroatoms. The molecule has 0 amide bonds. The van der Waals surface area contributed by atoms with Gasteiger partial charge in [-0.05, 0) is 90.2 Å². The van der Waals surface area contributed by atoms with Crippen molar-refractivity contribution in [3.05, 3.63) is 71.8 Å². The maximum absolute atomic E-state index is 6.63. The van der Waals surface area contributed by atoms with E-state index >= 15 is 0 Å². The number of ether oxygens (including phenoxy) is 4. The lowest BCUT2D eigenvalue weighted by Crippen LogP contribution is -2.46. The van der Waals surface area contributed by atoms with E-state index in [0.29, 0.717) is 11.8 Å². The topological polar surface area (TPSA) is 36.9 Å². The third-order valence-corrected chi connectivity index (χ3v) is 11.2. The van der Waals surface area contributed by atoms with Gasteiger partial charge in [0.1, 0.15) is 22.4 Å². The minimum absolute atomic E-state index is 0.0710. The SMILES string of the molecule is CC1(C)O[C@@]2(c3ccccc3)CC[C@@H]1[C@]21CCCO1.CC1(C)O[C@@]2(c3ccccc3)CC[C@@H]1[C@]21CCCO1. The van der Waals surface area contributed by atoms with Gasteiger partial charge in [-0.15, -0.1) is 0 Å². The van der Waals surface area contributed by atoms with E-state index in [-0.39, 0.29) is 33.6 Å². The second kappa shape index (κ2) is 8.39. The zero-order valence-electron chi connectivity index (χ0n) is 23.6. The van der Waals surface area contributed by atoms with Crippen molar-refractivity contribution >= 4 is 0 Å². The first-order valence-corrected chi connectivity index (χ1v) is 15.0. The van der Waals surface area contributed by atoms with Gasteiger partial charge in [-0.3, -0.25) is 0 Å². The monoisotopic (exact) mass is 516 g/mol. The fourth-order valence-electron chi connectivity index (χ4n) is 10.1. The van der Waals surface area contributed by atoms with E-state index in [0.717, 1.165) is 38.9 Å². The smallest absolute Gasteiger partial charge is 0.123 e. The van der Waals surface area contributed by atoms with E-state index in [2.05, 4.69) is 88.4 Å². The molecule has 0 aromatic heterocycles. The third-order valence-electron chi connectivity index (χ3n) is 11.2. The molecule has 4 saturated heterocycles. The van der Waals surface area contributed by atoms with Gasteiger partial charge in [-0.25, -0.2) is 0 Å². The predicted octanol–water partition coefficient (Wildman–Crippen LogP) is 7.30. The molecule has 204 valence electrons. The van der Waals surface area contributed by atoms with E-state index in [1.54, 1.807) is 0 Å². The Kier molecular flexibility index (Phi) is 5.58. The molecular weight excluding hydrogens is 472 g/mol. The number of hydrogen-bond acceptors (Lipinski definition) is 4. The average molecular weight is 517 g/mol. The van der Waals surface area contributed by atoms with Crippen LogP contribution in [0.1, 0.15) is 90.2 Å². The summed E-state index contributed by atoms with van der Waals surface area (Å²) in [6, 6.07) is 21.5. The van der Waals surface area contributed by atoms with Crippen molar-refractivity contribution in [3.63, 3.8) is 0 Å². The van der Waals surface area contributed by atoms with Crippen LogP contribution >= 0.6 is 0 Å². The minimum atomic E-state index is -0.209. The van der Waals surface area contributed by atoms with Gasteiger partial charge in [0.2, 0.25) is 0 Å². The quantitative estimate of drug-likeness (QED) is 0.420. The van der Waals surface area contributed by atoms with Crippen molar-refractivity contribution in [2.24, 2.45) is 11.8 Å². The Bertz CT molecular complexity index is 1070. The van der Waals surface area contributed by atoms with Crippen LogP contribution in [-0.2, 0) is 30.1 Å². The van der Waals surface area contributed by atoms with Crippen LogP contribution in [0.15, 0.2) is 60.7 Å². The Morgan fingerprint density at radius 1 is 0.553 bits per heavy atom. The molecule has 2 aromatic carbocycles. The molecule has 6 aliphatic rings. The van der Waals surface area contributed by atoms with Gasteiger partial charge in [0.25, 0.3) is 0 Å². The molecule has 4 nitrogen and oxygen atoms in total. The lowest BCUT2D eigenvalue weighted by Gasteiger charge is -2.39. The molecule has 4 bridgehead atoms. The third kappa shape index (κ3) is 3.12. The lowest BCUT2D eigenvalue weighted by atomic mass is 9.74. The van der Waals surface area contributed by atoms with Crippen molar-refractivity contribution in [3.8, 4) is 0 Å². The highest BCUT2D eigenvalue weighted by Gasteiger charge is 2.75. The van der Waals surface area contributed by atoms with Crippen LogP contribution in [0, 0.1) is 11.8 Å². The van der Waals surface area contributed by atoms with Gasteiger partial charge in [-0.1, -0.05) is 60.7 Å². The van der Waals surface area contributed by atoms with E-state index in [9.17, 15) is 0 Å². The second-order valence-corrected chi connectivity index (χ2v) is 13.7. The Morgan fingerprint density at radius 2 is 0.947 bits per heavy atom. The van der Waals surface area contributed by atoms with Gasteiger partial charge in [0.15, 0.2) is 0 Å². The molecule has 6 fully saturated rings. The normalized spacial score (nSPS) is 43.2. The van der Waals surface area contributed by atoms with Gasteiger partial charge in [0, 0.05) is 25.0 Å². The summed E-state index contributed by atoms with van der Waals surface area (Å²) in [4.78, 5) is 0. The summed E-state index contributed by atoms with van der Waals surface area (Å²) in [5.41, 5.74) is 1.92. The number of hydrogen-bond donors (Lipinski definition) is 0. The standard InChI is InChI=1S/2C17H22O2/c2*1-15(2)14-9-11-16(19-15,13-7-4-3-5-8-13)17(14)10-6-12-18-17/h2*3-5,7-8,14H,6,9-12H2,1-2H3/t2*14-,16+,17+/m00/s1. The maximum atomic E-state index is 6.63. The predicted molar refractivity (Wildman–Crippen MR) is 148 cm³/mol. The summed E-state index contributed by atoms with van der Waals surface area (Å²) >= 11 is 0. The van der Waals surface area contributed by atoms with Gasteiger partial charge >= 0.3 is 0 Å². The van der Waals surface area contributed by atoms with Crippen LogP contribution in [-0.4, -0.2) is 35.6 Å². The molecule has 0 N–H and O–H groups in total. The Hall–Kier alpha value is -1.72. The lowest BCUT2D eigenvalue weighted by molar-refractivity contribution is -0.161. The van der Waals surface area contributed by atoms with Gasteiger partial charge < -0.3 is 18.9 Å². The molecule has 4 aliphatic heterocycles. The van der Waals surface area contributed by atoms with Crippen molar-refractivity contribution in [1.82, 2.24) is 0 Å². The molecule has 38 heavy (non-hydrogen) atoms. The fraction of sp³-hybridized carbons (Fsp3) is 0.647. The van der Waals surface area contributed by atoms with Crippen molar-refractivity contribution in [2.75, 3.05) is 13.2 Å². The maximum Gasteiger partial charge on any atom is 0.123 e. The molecule has 8 rings (SSSR count). The van der Waals surface area contributed by atoms with E-state index in [4.69, 9.17) is 18.9 Å². The van der Waals surface area contributed by atoms with Crippen molar-refractivity contribution in [2.45, 2.75) is 113 Å². The second-order valence-electron chi connectivity index (χ2n) is 13.7. The summed E-state index contributed by atoms with van der Waals surface area (Å²) in [7, 11) is 0. The minimum Gasteiger partial charge on any atom is -0.371 e. The van der Waals surface area contributed by atoms with E-state index < -0.39 is 0 Å². The Balaban J connectivity index is 0.000000127. The summed E-state index contributed by atoms with van der Waals surface area (Å²) in [5, 5.41) is 0. The van der Waals surface area contributed by atoms with Gasteiger partial charge in [0.05, 0.1) is 11.2 Å². The molecule has 0 unspecified atom stereocenters. The Morgan fingerprint density at radius 3 is 1.26 bits per heavy atom. The first-order chi connectivity index (χ1) is 18.2. The van der Waals surface area contributed by atoms with Crippen molar-refractivity contribution in [1.29, 1.82) is 0 Å². The molecule has 2 aromatic rings. The van der Waals surface area contributed by atoms with Crippen molar-refractivity contribution < 1.29 is 18.9 Å². The van der Waals surface area contributed by atoms with Crippen LogP contribution in [0.5, 0.6) is 0 Å². The summed E-state index contributed by atoms with van der Waals surface area (Å²) < 4.78 is 26.0. The molecule has 2 saturated carbocycles. The van der Waals surface area contributed by atoms with E-state index in [1.807, 2.05) is 0 Å². The fourth-order valence-corrected chi connectivity index (χ4v) is 10.1. The average Bonchev–Trinajstić information content (AvgIpc) is 3.74. The highest BCUT2D eigenvalue weighted by Crippen LogP contribution is 2.69. The van der Waals surface area contributed by atoms with Crippen LogP contribution in [0.4, 0.5) is 0 Å². The van der Waals surface area contributed by atoms with Crippen LogP contribution in [0.25, 0.3) is 0 Å². The molecule has 6 atom stereocenters. The Labute approximate surface area is 228 Å². The molecular formula is C34H44O4. The molecule has 4 heterocycles. The van der Waals surface area contributed by atoms with Crippen LogP contribution in [0.2, 0.25) is 0 Å². The zero-order valence-corrected chi connectivity index (χ0v) is 23.6. The summed E-state index contributed by atoms with van der Waals surface area (Å²) in [6.45, 7) is 10.8. The number of rotatable bonds is 2. The van der Waals surface area contributed by atoms with E-state index in [1.165, 1.54) is 36.8 Å². The number of benzene rings is 2. The highest BCUT2D eigenvalue weighted by molar-refractivity contribution is 5.36. The highest BCUT2D eigenvalue weighted by atomic mass is 16.6.